The van der Waals surface area contributed by atoms with Gasteiger partial charge in [-0.2, -0.15) is 0 Å². The average Bonchev–Trinajstić information content (AvgIpc) is 2.03. The lowest BCUT2D eigenvalue weighted by atomic mass is 10.1. The number of rotatable bonds is 3. The van der Waals surface area contributed by atoms with E-state index in [2.05, 4.69) is 0 Å². The molecular formula is C8H18N2O2. The van der Waals surface area contributed by atoms with Gasteiger partial charge < -0.3 is 15.4 Å². The van der Waals surface area contributed by atoms with E-state index in [9.17, 15) is 4.79 Å². The second-order valence-corrected chi connectivity index (χ2v) is 3.27. The molecule has 0 aromatic carbocycles. The summed E-state index contributed by atoms with van der Waals surface area (Å²) in [6.07, 6.45) is -0.326. The van der Waals surface area contributed by atoms with E-state index in [1.807, 2.05) is 13.8 Å². The van der Waals surface area contributed by atoms with Crippen LogP contribution in [0.3, 0.4) is 0 Å². The van der Waals surface area contributed by atoms with Crippen LogP contribution in [0.4, 0.5) is 4.79 Å². The van der Waals surface area contributed by atoms with E-state index in [1.165, 1.54) is 4.90 Å². The lowest BCUT2D eigenvalue weighted by Crippen LogP contribution is -2.50. The molecular weight excluding hydrogens is 156 g/mol. The molecule has 0 aliphatic carbocycles. The van der Waals surface area contributed by atoms with Crippen molar-refractivity contribution in [3.8, 4) is 0 Å². The van der Waals surface area contributed by atoms with E-state index in [0.29, 0.717) is 13.2 Å². The van der Waals surface area contributed by atoms with Crippen LogP contribution in [-0.2, 0) is 4.74 Å². The summed E-state index contributed by atoms with van der Waals surface area (Å²) in [5, 5.41) is 0. The molecule has 72 valence electrons. The molecule has 0 rings (SSSR count). The molecule has 1 amide bonds. The van der Waals surface area contributed by atoms with Gasteiger partial charge in [0, 0.05) is 13.6 Å². The Morgan fingerprint density at radius 2 is 2.08 bits per heavy atom. The highest BCUT2D eigenvalue weighted by molar-refractivity contribution is 5.68. The fourth-order valence-corrected chi connectivity index (χ4v) is 0.604. The maximum atomic E-state index is 11.2. The van der Waals surface area contributed by atoms with E-state index in [4.69, 9.17) is 10.5 Å². The number of carbonyl (C=O) groups excluding carboxylic acids is 1. The molecule has 0 aliphatic rings. The van der Waals surface area contributed by atoms with Gasteiger partial charge in [0.05, 0.1) is 12.1 Å². The summed E-state index contributed by atoms with van der Waals surface area (Å²) in [5.74, 6) is 0. The van der Waals surface area contributed by atoms with Crippen LogP contribution in [0.1, 0.15) is 20.8 Å². The minimum atomic E-state index is -0.341. The lowest BCUT2D eigenvalue weighted by Gasteiger charge is -2.33. The second kappa shape index (κ2) is 4.30. The van der Waals surface area contributed by atoms with Gasteiger partial charge in [-0.1, -0.05) is 0 Å². The van der Waals surface area contributed by atoms with Crippen molar-refractivity contribution in [1.82, 2.24) is 4.90 Å². The Morgan fingerprint density at radius 3 is 2.42 bits per heavy atom. The molecule has 0 unspecified atom stereocenters. The minimum Gasteiger partial charge on any atom is -0.450 e. The number of ether oxygens (including phenoxy) is 1. The highest BCUT2D eigenvalue weighted by Crippen LogP contribution is 2.10. The van der Waals surface area contributed by atoms with Crippen molar-refractivity contribution < 1.29 is 9.53 Å². The van der Waals surface area contributed by atoms with Gasteiger partial charge in [0.2, 0.25) is 0 Å². The second-order valence-electron chi connectivity index (χ2n) is 3.27. The van der Waals surface area contributed by atoms with Gasteiger partial charge in [0.25, 0.3) is 0 Å². The Labute approximate surface area is 73.7 Å². The van der Waals surface area contributed by atoms with Crippen LogP contribution in [0, 0.1) is 0 Å². The average molecular weight is 174 g/mol. The molecule has 0 radical (unpaired) electrons. The first-order valence-corrected chi connectivity index (χ1v) is 4.06. The van der Waals surface area contributed by atoms with Gasteiger partial charge in [-0.3, -0.25) is 0 Å². The maximum Gasteiger partial charge on any atom is 0.409 e. The smallest absolute Gasteiger partial charge is 0.409 e. The third-order valence-corrected chi connectivity index (χ3v) is 1.95. The molecule has 0 fully saturated rings. The lowest BCUT2D eigenvalue weighted by molar-refractivity contribution is 0.0821. The van der Waals surface area contributed by atoms with E-state index in [-0.39, 0.29) is 11.6 Å². The Kier molecular flexibility index (Phi) is 4.03. The summed E-state index contributed by atoms with van der Waals surface area (Å²) in [5.41, 5.74) is 5.15. The molecule has 12 heavy (non-hydrogen) atoms. The van der Waals surface area contributed by atoms with Crippen molar-refractivity contribution in [3.63, 3.8) is 0 Å². The van der Waals surface area contributed by atoms with Crippen molar-refractivity contribution in [3.05, 3.63) is 0 Å². The standard InChI is InChI=1S/C8H18N2O2/c1-5-12-7(11)10(4)8(2,3)6-9/h5-6,9H2,1-4H3. The topological polar surface area (TPSA) is 55.6 Å². The molecule has 0 atom stereocenters. The quantitative estimate of drug-likeness (QED) is 0.689. The van der Waals surface area contributed by atoms with Gasteiger partial charge in [-0.05, 0) is 20.8 Å². The van der Waals surface area contributed by atoms with Crippen LogP contribution in [0.25, 0.3) is 0 Å². The van der Waals surface area contributed by atoms with Crippen LogP contribution < -0.4 is 5.73 Å². The van der Waals surface area contributed by atoms with Crippen LogP contribution in [0.5, 0.6) is 0 Å². The number of nitrogens with two attached hydrogens (primary N) is 1. The van der Waals surface area contributed by atoms with Gasteiger partial charge in [-0.15, -0.1) is 0 Å². The molecule has 0 aromatic heterocycles. The van der Waals surface area contributed by atoms with Crippen LogP contribution in [-0.4, -0.2) is 36.7 Å². The summed E-state index contributed by atoms with van der Waals surface area (Å²) in [4.78, 5) is 12.7. The zero-order chi connectivity index (χ0) is 9.78. The molecule has 4 heteroatoms. The summed E-state index contributed by atoms with van der Waals surface area (Å²) < 4.78 is 4.82. The third-order valence-electron chi connectivity index (χ3n) is 1.95. The molecule has 4 nitrogen and oxygen atoms in total. The van der Waals surface area contributed by atoms with Gasteiger partial charge in [-0.25, -0.2) is 4.79 Å². The number of carbonyl (C=O) groups is 1. The highest BCUT2D eigenvalue weighted by Gasteiger charge is 2.26. The number of nitrogens with zero attached hydrogens (tertiary/aromatic N) is 1. The molecule has 0 saturated carbocycles. The first-order valence-electron chi connectivity index (χ1n) is 4.06. The molecule has 0 heterocycles. The Balaban J connectivity index is 4.17. The zero-order valence-electron chi connectivity index (χ0n) is 8.26. The monoisotopic (exact) mass is 174 g/mol. The Bertz CT molecular complexity index is 157. The number of amides is 1. The predicted octanol–water partition coefficient (Wildman–Crippen LogP) is 0.812. The predicted molar refractivity (Wildman–Crippen MR) is 47.9 cm³/mol. The molecule has 0 aromatic rings. The molecule has 2 N–H and O–H groups in total. The third kappa shape index (κ3) is 2.70. The van der Waals surface area contributed by atoms with E-state index in [1.54, 1.807) is 14.0 Å². The summed E-state index contributed by atoms with van der Waals surface area (Å²) in [6.45, 7) is 6.38. The molecule has 0 aliphatic heterocycles. The summed E-state index contributed by atoms with van der Waals surface area (Å²) in [6, 6.07) is 0. The van der Waals surface area contributed by atoms with Crippen molar-refractivity contribution >= 4 is 6.09 Å². The van der Waals surface area contributed by atoms with E-state index in [0.717, 1.165) is 0 Å². The Hall–Kier alpha value is -0.770. The zero-order valence-corrected chi connectivity index (χ0v) is 8.26. The van der Waals surface area contributed by atoms with Crippen LogP contribution in [0.15, 0.2) is 0 Å². The molecule has 0 bridgehead atoms. The number of likely N-dealkylation sites (N-methyl/N-ethyl adjacent to an activating group) is 1. The first kappa shape index (κ1) is 11.2. The molecule has 0 saturated heterocycles. The van der Waals surface area contributed by atoms with E-state index < -0.39 is 0 Å². The minimum absolute atomic E-state index is 0.326. The van der Waals surface area contributed by atoms with E-state index >= 15 is 0 Å². The van der Waals surface area contributed by atoms with Crippen molar-refractivity contribution in [1.29, 1.82) is 0 Å². The highest BCUT2D eigenvalue weighted by atomic mass is 16.6. The fourth-order valence-electron chi connectivity index (χ4n) is 0.604. The van der Waals surface area contributed by atoms with Crippen molar-refractivity contribution in [2.45, 2.75) is 26.3 Å². The fraction of sp³-hybridized carbons (Fsp3) is 0.875. The Morgan fingerprint density at radius 1 is 1.58 bits per heavy atom. The summed E-state index contributed by atoms with van der Waals surface area (Å²) in [7, 11) is 1.69. The van der Waals surface area contributed by atoms with Gasteiger partial charge >= 0.3 is 6.09 Å². The maximum absolute atomic E-state index is 11.2. The van der Waals surface area contributed by atoms with Crippen LogP contribution in [0.2, 0.25) is 0 Å². The summed E-state index contributed by atoms with van der Waals surface area (Å²) >= 11 is 0. The number of hydrogen-bond donors (Lipinski definition) is 1. The van der Waals surface area contributed by atoms with Crippen molar-refractivity contribution in [2.24, 2.45) is 5.73 Å². The largest absolute Gasteiger partial charge is 0.450 e. The molecule has 0 spiro atoms. The van der Waals surface area contributed by atoms with Crippen LogP contribution >= 0.6 is 0 Å². The SMILES string of the molecule is CCOC(=O)N(C)C(C)(C)CN. The normalized spacial score (nSPS) is 11.1. The van der Waals surface area contributed by atoms with Crippen molar-refractivity contribution in [2.75, 3.05) is 20.2 Å². The number of hydrogen-bond acceptors (Lipinski definition) is 3. The first-order chi connectivity index (χ1) is 5.45. The van der Waals surface area contributed by atoms with Gasteiger partial charge in [0.15, 0.2) is 0 Å². The van der Waals surface area contributed by atoms with Gasteiger partial charge in [0.1, 0.15) is 0 Å².